The van der Waals surface area contributed by atoms with Gasteiger partial charge in [-0.25, -0.2) is 0 Å². The summed E-state index contributed by atoms with van der Waals surface area (Å²) in [4.78, 5) is 11.4. The molecule has 4 nitrogen and oxygen atoms in total. The number of carbonyl (C=O) groups excluding carboxylic acids is 1. The van der Waals surface area contributed by atoms with Crippen LogP contribution >= 0.6 is 11.6 Å². The predicted molar refractivity (Wildman–Crippen MR) is 53.4 cm³/mol. The molecule has 1 aromatic rings. The zero-order valence-electron chi connectivity index (χ0n) is 7.79. The number of aromatic nitrogens is 1. The van der Waals surface area contributed by atoms with Gasteiger partial charge in [-0.2, -0.15) is 0 Å². The molecule has 0 unspecified atom stereocenters. The van der Waals surface area contributed by atoms with Crippen LogP contribution in [0, 0.1) is 6.92 Å². The average molecular weight is 215 g/mol. The van der Waals surface area contributed by atoms with E-state index in [9.17, 15) is 4.79 Å². The van der Waals surface area contributed by atoms with Crippen molar-refractivity contribution in [3.63, 3.8) is 0 Å². The molecule has 1 heterocycles. The fourth-order valence-corrected chi connectivity index (χ4v) is 1.04. The molecular formula is C9H11ClN2O2. The van der Waals surface area contributed by atoms with E-state index < -0.39 is 0 Å². The summed E-state index contributed by atoms with van der Waals surface area (Å²) < 4.78 is 4.76. The molecule has 0 bridgehead atoms. The van der Waals surface area contributed by atoms with E-state index in [4.69, 9.17) is 16.1 Å². The molecule has 0 saturated heterocycles. The minimum absolute atomic E-state index is 0.192. The van der Waals surface area contributed by atoms with Crippen LogP contribution in [-0.4, -0.2) is 23.5 Å². The molecule has 76 valence electrons. The number of amides is 1. The topological polar surface area (TPSA) is 55.1 Å². The van der Waals surface area contributed by atoms with Crippen LogP contribution in [0.25, 0.3) is 0 Å². The summed E-state index contributed by atoms with van der Waals surface area (Å²) in [6.45, 7) is 2.15. The third-order valence-corrected chi connectivity index (χ3v) is 1.81. The molecule has 1 aromatic heterocycles. The Morgan fingerprint density at radius 3 is 3.07 bits per heavy atom. The highest BCUT2D eigenvalue weighted by Crippen LogP contribution is 2.04. The molecule has 1 N–H and O–H groups in total. The maximum atomic E-state index is 11.4. The van der Waals surface area contributed by atoms with E-state index in [1.54, 1.807) is 19.1 Å². The van der Waals surface area contributed by atoms with Crippen molar-refractivity contribution in [2.24, 2.45) is 0 Å². The van der Waals surface area contributed by atoms with Crippen molar-refractivity contribution in [3.05, 3.63) is 29.7 Å². The van der Waals surface area contributed by atoms with E-state index in [2.05, 4.69) is 10.5 Å². The third kappa shape index (κ3) is 2.88. The Hall–Kier alpha value is -1.29. The summed E-state index contributed by atoms with van der Waals surface area (Å²) in [6.07, 6.45) is 4.95. The molecule has 0 aromatic carbocycles. The normalized spacial score (nSPS) is 10.7. The summed E-state index contributed by atoms with van der Waals surface area (Å²) in [5.41, 5.74) is 0.462. The molecule has 0 aliphatic carbocycles. The number of aryl methyl sites for hydroxylation is 1. The van der Waals surface area contributed by atoms with Crippen LogP contribution in [-0.2, 0) is 0 Å². The van der Waals surface area contributed by atoms with E-state index in [-0.39, 0.29) is 5.91 Å². The second kappa shape index (κ2) is 5.44. The molecule has 0 atom stereocenters. The zero-order valence-corrected chi connectivity index (χ0v) is 8.54. The van der Waals surface area contributed by atoms with E-state index in [0.717, 1.165) is 0 Å². The van der Waals surface area contributed by atoms with Gasteiger partial charge in [-0.1, -0.05) is 17.3 Å². The molecule has 1 amide bonds. The standard InChI is InChI=1S/C9H11ClN2O2/c1-7-8(6-12-14-7)9(13)11-5-3-2-4-10/h2-3,6H,4-5H2,1H3,(H,11,13)/b3-2+. The maximum Gasteiger partial charge on any atom is 0.256 e. The van der Waals surface area contributed by atoms with Gasteiger partial charge in [-0.15, -0.1) is 11.6 Å². The molecule has 0 aliphatic rings. The fourth-order valence-electron chi connectivity index (χ4n) is 0.910. The van der Waals surface area contributed by atoms with Crippen LogP contribution < -0.4 is 5.32 Å². The Bertz CT molecular complexity index is 333. The lowest BCUT2D eigenvalue weighted by molar-refractivity contribution is 0.0956. The van der Waals surface area contributed by atoms with Gasteiger partial charge < -0.3 is 9.84 Å². The second-order valence-corrected chi connectivity index (χ2v) is 2.94. The van der Waals surface area contributed by atoms with Crippen molar-refractivity contribution in [2.45, 2.75) is 6.92 Å². The van der Waals surface area contributed by atoms with Crippen molar-refractivity contribution in [1.82, 2.24) is 10.5 Å². The van der Waals surface area contributed by atoms with Gasteiger partial charge in [0.25, 0.3) is 5.91 Å². The van der Waals surface area contributed by atoms with E-state index >= 15 is 0 Å². The molecule has 0 fully saturated rings. The second-order valence-electron chi connectivity index (χ2n) is 2.63. The van der Waals surface area contributed by atoms with Gasteiger partial charge in [0, 0.05) is 12.4 Å². The highest BCUT2D eigenvalue weighted by Gasteiger charge is 2.10. The summed E-state index contributed by atoms with van der Waals surface area (Å²) in [6, 6.07) is 0. The molecule has 0 spiro atoms. The number of hydrogen-bond acceptors (Lipinski definition) is 3. The molecule has 0 saturated carbocycles. The summed E-state index contributed by atoms with van der Waals surface area (Å²) in [7, 11) is 0. The van der Waals surface area contributed by atoms with Crippen molar-refractivity contribution < 1.29 is 9.32 Å². The molecule has 1 rings (SSSR count). The zero-order chi connectivity index (χ0) is 10.4. The number of halogens is 1. The largest absolute Gasteiger partial charge is 0.361 e. The SMILES string of the molecule is Cc1oncc1C(=O)NC/C=C/CCl. The lowest BCUT2D eigenvalue weighted by atomic mass is 10.2. The fraction of sp³-hybridized carbons (Fsp3) is 0.333. The van der Waals surface area contributed by atoms with Crippen LogP contribution in [0.15, 0.2) is 22.9 Å². The van der Waals surface area contributed by atoms with Gasteiger partial charge in [0.05, 0.1) is 6.20 Å². The van der Waals surface area contributed by atoms with Crippen LogP contribution in [0.4, 0.5) is 0 Å². The Balaban J connectivity index is 2.44. The highest BCUT2D eigenvalue weighted by molar-refractivity contribution is 6.18. The molecule has 14 heavy (non-hydrogen) atoms. The van der Waals surface area contributed by atoms with Crippen LogP contribution in [0.5, 0.6) is 0 Å². The number of nitrogens with zero attached hydrogens (tertiary/aromatic N) is 1. The number of nitrogens with one attached hydrogen (secondary N) is 1. The Morgan fingerprint density at radius 2 is 2.50 bits per heavy atom. The first-order valence-corrected chi connectivity index (χ1v) is 4.69. The van der Waals surface area contributed by atoms with Gasteiger partial charge in [0.1, 0.15) is 11.3 Å². The first kappa shape index (κ1) is 10.8. The number of hydrogen-bond donors (Lipinski definition) is 1. The Morgan fingerprint density at radius 1 is 1.71 bits per heavy atom. The summed E-state index contributed by atoms with van der Waals surface area (Å²) in [5.74, 6) is 0.772. The molecule has 5 heteroatoms. The minimum Gasteiger partial charge on any atom is -0.361 e. The van der Waals surface area contributed by atoms with E-state index in [1.165, 1.54) is 6.20 Å². The smallest absolute Gasteiger partial charge is 0.256 e. The van der Waals surface area contributed by atoms with Crippen LogP contribution in [0.1, 0.15) is 16.1 Å². The van der Waals surface area contributed by atoms with Crippen molar-refractivity contribution >= 4 is 17.5 Å². The number of alkyl halides is 1. The van der Waals surface area contributed by atoms with Gasteiger partial charge >= 0.3 is 0 Å². The quantitative estimate of drug-likeness (QED) is 0.611. The highest BCUT2D eigenvalue weighted by atomic mass is 35.5. The van der Waals surface area contributed by atoms with Crippen LogP contribution in [0.2, 0.25) is 0 Å². The Kier molecular flexibility index (Phi) is 4.19. The van der Waals surface area contributed by atoms with Crippen LogP contribution in [0.3, 0.4) is 0 Å². The van der Waals surface area contributed by atoms with Gasteiger partial charge in [0.2, 0.25) is 0 Å². The maximum absolute atomic E-state index is 11.4. The predicted octanol–water partition coefficient (Wildman–Crippen LogP) is 1.51. The van der Waals surface area contributed by atoms with Gasteiger partial charge in [0.15, 0.2) is 0 Å². The van der Waals surface area contributed by atoms with E-state index in [1.807, 2.05) is 0 Å². The average Bonchev–Trinajstić information content (AvgIpc) is 2.59. The lowest BCUT2D eigenvalue weighted by Crippen LogP contribution is -2.23. The van der Waals surface area contributed by atoms with Gasteiger partial charge in [-0.3, -0.25) is 4.79 Å². The first-order valence-electron chi connectivity index (χ1n) is 4.16. The lowest BCUT2D eigenvalue weighted by Gasteiger charge is -1.98. The van der Waals surface area contributed by atoms with Crippen molar-refractivity contribution in [1.29, 1.82) is 0 Å². The molecule has 0 radical (unpaired) electrons. The summed E-state index contributed by atoms with van der Waals surface area (Å²) >= 11 is 5.42. The first-order chi connectivity index (χ1) is 6.75. The van der Waals surface area contributed by atoms with Crippen molar-refractivity contribution in [3.8, 4) is 0 Å². The minimum atomic E-state index is -0.192. The number of carbonyl (C=O) groups is 1. The number of rotatable bonds is 4. The molecule has 0 aliphatic heterocycles. The monoisotopic (exact) mass is 214 g/mol. The third-order valence-electron chi connectivity index (χ3n) is 1.63. The Labute approximate surface area is 86.9 Å². The number of allylic oxidation sites excluding steroid dienone is 1. The molecular weight excluding hydrogens is 204 g/mol. The summed E-state index contributed by atoms with van der Waals surface area (Å²) in [5, 5.41) is 6.19. The van der Waals surface area contributed by atoms with E-state index in [0.29, 0.717) is 23.7 Å². The van der Waals surface area contributed by atoms with Crippen molar-refractivity contribution in [2.75, 3.05) is 12.4 Å². The van der Waals surface area contributed by atoms with Gasteiger partial charge in [-0.05, 0) is 6.92 Å².